The van der Waals surface area contributed by atoms with Crippen LogP contribution < -0.4 is 15.0 Å². The van der Waals surface area contributed by atoms with Gasteiger partial charge in [0.05, 0.1) is 39.4 Å². The van der Waals surface area contributed by atoms with Gasteiger partial charge in [0, 0.05) is 25.0 Å². The fraction of sp³-hybridized carbons (Fsp3) is 0.296. The van der Waals surface area contributed by atoms with E-state index in [1.54, 1.807) is 24.3 Å². The third kappa shape index (κ3) is 5.35. The number of aromatic hydroxyl groups is 1. The van der Waals surface area contributed by atoms with Gasteiger partial charge in [0.2, 0.25) is 0 Å². The second-order valence-corrected chi connectivity index (χ2v) is 8.33. The van der Waals surface area contributed by atoms with Crippen LogP contribution in [0.25, 0.3) is 0 Å². The number of carbonyl (C=O) groups is 2. The zero-order chi connectivity index (χ0) is 25.7. The molecule has 1 aromatic heterocycles. The van der Waals surface area contributed by atoms with Crippen molar-refractivity contribution >= 4 is 11.9 Å². The summed E-state index contributed by atoms with van der Waals surface area (Å²) in [6.07, 6.45) is 2.50. The molecule has 0 unspecified atom stereocenters. The zero-order valence-electron chi connectivity index (χ0n) is 20.0. The summed E-state index contributed by atoms with van der Waals surface area (Å²) >= 11 is 0. The highest BCUT2D eigenvalue weighted by atomic mass is 16.5. The van der Waals surface area contributed by atoms with Crippen LogP contribution in [0.1, 0.15) is 45.0 Å². The first-order chi connectivity index (χ1) is 17.4. The van der Waals surface area contributed by atoms with Crippen molar-refractivity contribution in [3.05, 3.63) is 86.8 Å². The number of H-pyrrole nitrogens is 1. The van der Waals surface area contributed by atoms with Crippen molar-refractivity contribution in [1.82, 2.24) is 4.98 Å². The molecule has 1 aliphatic rings. The topological polar surface area (TPSA) is 124 Å². The summed E-state index contributed by atoms with van der Waals surface area (Å²) in [5, 5.41) is 10.7. The second-order valence-electron chi connectivity index (χ2n) is 8.33. The number of pyridine rings is 1. The van der Waals surface area contributed by atoms with Crippen LogP contribution >= 0.6 is 0 Å². The predicted molar refractivity (Wildman–Crippen MR) is 130 cm³/mol. The van der Waals surface area contributed by atoms with Crippen molar-refractivity contribution in [2.45, 2.75) is 25.2 Å². The molecule has 188 valence electrons. The van der Waals surface area contributed by atoms with Gasteiger partial charge in [-0.3, -0.25) is 9.59 Å². The molecular weight excluding hydrogens is 466 g/mol. The highest BCUT2D eigenvalue weighted by molar-refractivity contribution is 5.92. The molecule has 1 atom stereocenters. The van der Waals surface area contributed by atoms with Crippen LogP contribution in [-0.4, -0.2) is 49.5 Å². The molecule has 2 N–H and O–H groups in total. The van der Waals surface area contributed by atoms with Crippen LogP contribution in [0.4, 0.5) is 0 Å². The summed E-state index contributed by atoms with van der Waals surface area (Å²) < 4.78 is 20.9. The van der Waals surface area contributed by atoms with Crippen LogP contribution in [0.5, 0.6) is 17.2 Å². The van der Waals surface area contributed by atoms with Crippen molar-refractivity contribution < 1.29 is 33.6 Å². The highest BCUT2D eigenvalue weighted by Crippen LogP contribution is 2.34. The SMILES string of the molecule is COC(=O)C[C@@H](c1ccc(OCCc2ccc3c(c2)CCO3)cc1)c1c(O)c(C(=O)OC)c[nH]c1=O. The number of ether oxygens (including phenoxy) is 4. The lowest BCUT2D eigenvalue weighted by atomic mass is 9.88. The largest absolute Gasteiger partial charge is 0.506 e. The zero-order valence-corrected chi connectivity index (χ0v) is 20.0. The third-order valence-corrected chi connectivity index (χ3v) is 6.15. The molecule has 0 saturated carbocycles. The summed E-state index contributed by atoms with van der Waals surface area (Å²) in [7, 11) is 2.40. The highest BCUT2D eigenvalue weighted by Gasteiger charge is 2.28. The van der Waals surface area contributed by atoms with Crippen LogP contribution in [0.15, 0.2) is 53.5 Å². The molecule has 0 aliphatic carbocycles. The van der Waals surface area contributed by atoms with Gasteiger partial charge in [-0.15, -0.1) is 0 Å². The minimum Gasteiger partial charge on any atom is -0.506 e. The Bertz CT molecular complexity index is 1310. The molecule has 0 amide bonds. The quantitative estimate of drug-likeness (QED) is 0.436. The summed E-state index contributed by atoms with van der Waals surface area (Å²) in [6, 6.07) is 13.0. The molecule has 0 saturated heterocycles. The number of hydrogen-bond donors (Lipinski definition) is 2. The van der Waals surface area contributed by atoms with Gasteiger partial charge >= 0.3 is 11.9 Å². The van der Waals surface area contributed by atoms with Gasteiger partial charge in [0.25, 0.3) is 5.56 Å². The Morgan fingerprint density at radius 1 is 1.11 bits per heavy atom. The Morgan fingerprint density at radius 2 is 1.89 bits per heavy atom. The van der Waals surface area contributed by atoms with E-state index >= 15 is 0 Å². The van der Waals surface area contributed by atoms with Gasteiger partial charge < -0.3 is 29.0 Å². The number of carbonyl (C=O) groups excluding carboxylic acids is 2. The second kappa shape index (κ2) is 11.0. The first kappa shape index (κ1) is 24.8. The van der Waals surface area contributed by atoms with Gasteiger partial charge in [-0.05, 0) is 34.9 Å². The van der Waals surface area contributed by atoms with Crippen molar-refractivity contribution in [3.63, 3.8) is 0 Å². The number of rotatable bonds is 9. The standard InChI is InChI=1S/C27H27NO8/c1-33-23(29)14-20(24-25(30)21(27(32)34-2)15-28-26(24)31)17-4-6-19(7-5-17)35-11-9-16-3-8-22-18(13-16)10-12-36-22/h3-8,13,15,20H,9-12,14H2,1-2H3,(H2,28,30,31)/t20-/m0/s1. The monoisotopic (exact) mass is 493 g/mol. The lowest BCUT2D eigenvalue weighted by molar-refractivity contribution is -0.140. The van der Waals surface area contributed by atoms with E-state index in [9.17, 15) is 19.5 Å². The molecule has 0 bridgehead atoms. The molecule has 0 fully saturated rings. The number of esters is 2. The van der Waals surface area contributed by atoms with Gasteiger partial charge in [0.1, 0.15) is 22.8 Å². The van der Waals surface area contributed by atoms with Crippen LogP contribution in [0.2, 0.25) is 0 Å². The average Bonchev–Trinajstić information content (AvgIpc) is 3.36. The number of benzene rings is 2. The molecule has 4 rings (SSSR count). The van der Waals surface area contributed by atoms with Crippen molar-refractivity contribution in [3.8, 4) is 17.2 Å². The molecule has 0 radical (unpaired) electrons. The smallest absolute Gasteiger partial charge is 0.343 e. The van der Waals surface area contributed by atoms with Gasteiger partial charge in [-0.1, -0.05) is 24.3 Å². The number of nitrogens with one attached hydrogen (secondary N) is 1. The number of hydrogen-bond acceptors (Lipinski definition) is 8. The Hall–Kier alpha value is -4.27. The van der Waals surface area contributed by atoms with E-state index in [4.69, 9.17) is 14.2 Å². The Morgan fingerprint density at radius 3 is 2.61 bits per heavy atom. The number of methoxy groups -OCH3 is 2. The minimum absolute atomic E-state index is 0.127. The van der Waals surface area contributed by atoms with Crippen molar-refractivity contribution in [1.29, 1.82) is 0 Å². The summed E-state index contributed by atoms with van der Waals surface area (Å²) in [6.45, 7) is 1.18. The van der Waals surface area contributed by atoms with Crippen LogP contribution in [0, 0.1) is 0 Å². The Labute approximate surface area is 207 Å². The van der Waals surface area contributed by atoms with Crippen molar-refractivity contribution in [2.24, 2.45) is 0 Å². The third-order valence-electron chi connectivity index (χ3n) is 6.15. The predicted octanol–water partition coefficient (Wildman–Crippen LogP) is 3.12. The maximum Gasteiger partial charge on any atom is 0.343 e. The van der Waals surface area contributed by atoms with Gasteiger partial charge in [-0.25, -0.2) is 4.79 Å². The molecule has 36 heavy (non-hydrogen) atoms. The van der Waals surface area contributed by atoms with E-state index in [0.717, 1.165) is 44.1 Å². The molecular formula is C27H27NO8. The Balaban J connectivity index is 1.52. The molecule has 9 nitrogen and oxygen atoms in total. The minimum atomic E-state index is -0.867. The molecule has 0 spiro atoms. The van der Waals surface area contributed by atoms with E-state index < -0.39 is 29.2 Å². The number of aromatic nitrogens is 1. The first-order valence-corrected chi connectivity index (χ1v) is 11.5. The van der Waals surface area contributed by atoms with Crippen LogP contribution in [-0.2, 0) is 27.1 Å². The lowest BCUT2D eigenvalue weighted by Crippen LogP contribution is -2.22. The average molecular weight is 494 g/mol. The molecule has 9 heteroatoms. The van der Waals surface area contributed by atoms with E-state index in [2.05, 4.69) is 15.8 Å². The summed E-state index contributed by atoms with van der Waals surface area (Å²) in [5.41, 5.74) is 1.97. The van der Waals surface area contributed by atoms with E-state index in [-0.39, 0.29) is 17.5 Å². The number of fused-ring (bicyclic) bond motifs is 1. The first-order valence-electron chi connectivity index (χ1n) is 11.5. The number of aromatic amines is 1. The van der Waals surface area contributed by atoms with E-state index in [1.165, 1.54) is 12.7 Å². The molecule has 3 aromatic rings. The maximum atomic E-state index is 12.6. The normalized spacial score (nSPS) is 12.8. The fourth-order valence-electron chi connectivity index (χ4n) is 4.24. The maximum absolute atomic E-state index is 12.6. The summed E-state index contributed by atoms with van der Waals surface area (Å²) in [4.78, 5) is 39.2. The van der Waals surface area contributed by atoms with E-state index in [0.29, 0.717) is 17.9 Å². The van der Waals surface area contributed by atoms with Gasteiger partial charge in [0.15, 0.2) is 0 Å². The summed E-state index contributed by atoms with van der Waals surface area (Å²) in [5.74, 6) is -1.25. The molecule has 2 aromatic carbocycles. The Kier molecular flexibility index (Phi) is 7.58. The van der Waals surface area contributed by atoms with E-state index in [1.807, 2.05) is 12.1 Å². The lowest BCUT2D eigenvalue weighted by Gasteiger charge is -2.19. The molecule has 1 aliphatic heterocycles. The van der Waals surface area contributed by atoms with Crippen molar-refractivity contribution in [2.75, 3.05) is 27.4 Å². The molecule has 2 heterocycles. The van der Waals surface area contributed by atoms with Gasteiger partial charge in [-0.2, -0.15) is 0 Å². The fourth-order valence-corrected chi connectivity index (χ4v) is 4.24. The van der Waals surface area contributed by atoms with Crippen LogP contribution in [0.3, 0.4) is 0 Å².